The number of ether oxygens (including phenoxy) is 1. The van der Waals surface area contributed by atoms with Crippen LogP contribution in [0.15, 0.2) is 18.2 Å². The lowest BCUT2D eigenvalue weighted by Crippen LogP contribution is -2.37. The summed E-state index contributed by atoms with van der Waals surface area (Å²) >= 11 is 0. The van der Waals surface area contributed by atoms with Gasteiger partial charge in [-0.05, 0) is 45.7 Å². The quantitative estimate of drug-likeness (QED) is 0.815. The summed E-state index contributed by atoms with van der Waals surface area (Å²) in [6.45, 7) is 10.3. The van der Waals surface area contributed by atoms with Gasteiger partial charge in [-0.1, -0.05) is 23.8 Å². The molecule has 3 nitrogen and oxygen atoms in total. The highest BCUT2D eigenvalue weighted by molar-refractivity contribution is 5.75. The van der Waals surface area contributed by atoms with E-state index in [0.29, 0.717) is 6.61 Å². The lowest BCUT2D eigenvalue weighted by Gasteiger charge is -2.21. The number of hydrogen-bond donors (Lipinski definition) is 1. The van der Waals surface area contributed by atoms with Gasteiger partial charge in [0.15, 0.2) is 0 Å². The largest absolute Gasteiger partial charge is 0.465 e. The fraction of sp³-hybridized carbons (Fsp3) is 0.533. The molecular formula is C15H23NO2. The molecule has 1 rings (SSSR count). The highest BCUT2D eigenvalue weighted by Gasteiger charge is 2.18. The first-order chi connectivity index (χ1) is 8.45. The first-order valence-electron chi connectivity index (χ1n) is 6.45. The summed E-state index contributed by atoms with van der Waals surface area (Å²) in [7, 11) is 0. The molecule has 0 saturated heterocycles. The summed E-state index contributed by atoms with van der Waals surface area (Å²) in [5, 5.41) is 3.27. The molecule has 0 aliphatic heterocycles. The Kier molecular flexibility index (Phi) is 5.35. The second-order valence-electron chi connectivity index (χ2n) is 4.72. The van der Waals surface area contributed by atoms with Crippen LogP contribution in [0.4, 0.5) is 0 Å². The number of nitrogens with one attached hydrogen (secondary N) is 1. The predicted octanol–water partition coefficient (Wildman–Crippen LogP) is 2.91. The molecule has 0 amide bonds. The first kappa shape index (κ1) is 14.7. The standard InChI is InChI=1S/C15H23NO2/c1-6-18-15(17)13(5)16-12(4)14-9-10(2)7-8-11(14)3/h7-9,12-13,16H,6H2,1-5H3. The number of benzene rings is 1. The molecule has 0 radical (unpaired) electrons. The van der Waals surface area contributed by atoms with Crippen LogP contribution in [-0.2, 0) is 9.53 Å². The molecule has 0 fully saturated rings. The Morgan fingerprint density at radius 2 is 2.00 bits per heavy atom. The second kappa shape index (κ2) is 6.55. The molecular weight excluding hydrogens is 226 g/mol. The van der Waals surface area contributed by atoms with Gasteiger partial charge in [-0.2, -0.15) is 0 Å². The third kappa shape index (κ3) is 3.84. The van der Waals surface area contributed by atoms with E-state index in [1.165, 1.54) is 16.7 Å². The maximum atomic E-state index is 11.6. The van der Waals surface area contributed by atoms with E-state index in [1.54, 1.807) is 0 Å². The molecule has 1 aromatic rings. The molecule has 0 aromatic heterocycles. The maximum Gasteiger partial charge on any atom is 0.322 e. The molecule has 0 saturated carbocycles. The van der Waals surface area contributed by atoms with E-state index in [1.807, 2.05) is 13.8 Å². The van der Waals surface area contributed by atoms with Crippen molar-refractivity contribution in [2.45, 2.75) is 46.7 Å². The van der Waals surface area contributed by atoms with Crippen LogP contribution in [0.2, 0.25) is 0 Å². The van der Waals surface area contributed by atoms with E-state index in [4.69, 9.17) is 4.74 Å². The van der Waals surface area contributed by atoms with Gasteiger partial charge in [-0.3, -0.25) is 10.1 Å². The topological polar surface area (TPSA) is 38.3 Å². The van der Waals surface area contributed by atoms with Crippen LogP contribution in [0.1, 0.15) is 43.5 Å². The zero-order chi connectivity index (χ0) is 13.7. The number of rotatable bonds is 5. The van der Waals surface area contributed by atoms with Crippen molar-refractivity contribution >= 4 is 5.97 Å². The van der Waals surface area contributed by atoms with Crippen LogP contribution in [0.5, 0.6) is 0 Å². The molecule has 2 atom stereocenters. The summed E-state index contributed by atoms with van der Waals surface area (Å²) in [5.74, 6) is -0.199. The zero-order valence-electron chi connectivity index (χ0n) is 11.9. The van der Waals surface area contributed by atoms with E-state index >= 15 is 0 Å². The van der Waals surface area contributed by atoms with E-state index in [9.17, 15) is 4.79 Å². The maximum absolute atomic E-state index is 11.6. The average Bonchev–Trinajstić information content (AvgIpc) is 2.32. The van der Waals surface area contributed by atoms with Crippen LogP contribution < -0.4 is 5.32 Å². The zero-order valence-corrected chi connectivity index (χ0v) is 11.9. The minimum absolute atomic E-state index is 0.129. The Balaban J connectivity index is 2.73. The van der Waals surface area contributed by atoms with Crippen molar-refractivity contribution in [3.8, 4) is 0 Å². The van der Waals surface area contributed by atoms with Gasteiger partial charge in [-0.15, -0.1) is 0 Å². The third-order valence-corrected chi connectivity index (χ3v) is 3.04. The smallest absolute Gasteiger partial charge is 0.322 e. The van der Waals surface area contributed by atoms with Crippen LogP contribution in [0.3, 0.4) is 0 Å². The molecule has 0 heterocycles. The van der Waals surface area contributed by atoms with Crippen LogP contribution in [0.25, 0.3) is 0 Å². The summed E-state index contributed by atoms with van der Waals surface area (Å²) < 4.78 is 4.99. The Morgan fingerprint density at radius 3 is 2.61 bits per heavy atom. The van der Waals surface area contributed by atoms with Gasteiger partial charge < -0.3 is 4.74 Å². The van der Waals surface area contributed by atoms with Crippen molar-refractivity contribution in [1.29, 1.82) is 0 Å². The summed E-state index contributed by atoms with van der Waals surface area (Å²) in [6, 6.07) is 6.20. The minimum Gasteiger partial charge on any atom is -0.465 e. The predicted molar refractivity (Wildman–Crippen MR) is 73.6 cm³/mol. The van der Waals surface area contributed by atoms with Crippen molar-refractivity contribution < 1.29 is 9.53 Å². The van der Waals surface area contributed by atoms with E-state index in [-0.39, 0.29) is 18.1 Å². The summed E-state index contributed by atoms with van der Waals surface area (Å²) in [6.07, 6.45) is 0. The molecule has 3 heteroatoms. The van der Waals surface area contributed by atoms with Gasteiger partial charge >= 0.3 is 5.97 Å². The summed E-state index contributed by atoms with van der Waals surface area (Å²) in [5.41, 5.74) is 3.69. The van der Waals surface area contributed by atoms with Crippen molar-refractivity contribution in [2.24, 2.45) is 0 Å². The van der Waals surface area contributed by atoms with Crippen LogP contribution in [0, 0.1) is 13.8 Å². The van der Waals surface area contributed by atoms with Gasteiger partial charge in [0.1, 0.15) is 6.04 Å². The van der Waals surface area contributed by atoms with Gasteiger partial charge in [-0.25, -0.2) is 0 Å². The first-order valence-corrected chi connectivity index (χ1v) is 6.45. The van der Waals surface area contributed by atoms with Crippen molar-refractivity contribution in [1.82, 2.24) is 5.32 Å². The molecule has 100 valence electrons. The molecule has 0 spiro atoms. The molecule has 2 unspecified atom stereocenters. The number of carbonyl (C=O) groups is 1. The van der Waals surface area contributed by atoms with Gasteiger partial charge in [0.25, 0.3) is 0 Å². The van der Waals surface area contributed by atoms with E-state index < -0.39 is 0 Å². The van der Waals surface area contributed by atoms with Crippen molar-refractivity contribution in [2.75, 3.05) is 6.61 Å². The Hall–Kier alpha value is -1.35. The van der Waals surface area contributed by atoms with Gasteiger partial charge in [0, 0.05) is 6.04 Å². The van der Waals surface area contributed by atoms with Gasteiger partial charge in [0.05, 0.1) is 6.61 Å². The lowest BCUT2D eigenvalue weighted by atomic mass is 9.99. The van der Waals surface area contributed by atoms with Gasteiger partial charge in [0.2, 0.25) is 0 Å². The summed E-state index contributed by atoms with van der Waals surface area (Å²) in [4.78, 5) is 11.6. The second-order valence-corrected chi connectivity index (χ2v) is 4.72. The highest BCUT2D eigenvalue weighted by Crippen LogP contribution is 2.19. The fourth-order valence-electron chi connectivity index (χ4n) is 2.03. The number of aryl methyl sites for hydroxylation is 2. The van der Waals surface area contributed by atoms with Crippen molar-refractivity contribution in [3.63, 3.8) is 0 Å². The molecule has 0 aliphatic rings. The van der Waals surface area contributed by atoms with E-state index in [2.05, 4.69) is 44.3 Å². The number of carbonyl (C=O) groups excluding carboxylic acids is 1. The number of esters is 1. The monoisotopic (exact) mass is 249 g/mol. The molecule has 1 N–H and O–H groups in total. The third-order valence-electron chi connectivity index (χ3n) is 3.04. The number of hydrogen-bond acceptors (Lipinski definition) is 3. The fourth-order valence-corrected chi connectivity index (χ4v) is 2.03. The average molecular weight is 249 g/mol. The molecule has 0 bridgehead atoms. The van der Waals surface area contributed by atoms with E-state index in [0.717, 1.165) is 0 Å². The minimum atomic E-state index is -0.292. The lowest BCUT2D eigenvalue weighted by molar-refractivity contribution is -0.145. The Morgan fingerprint density at radius 1 is 1.33 bits per heavy atom. The van der Waals surface area contributed by atoms with Crippen LogP contribution >= 0.6 is 0 Å². The SMILES string of the molecule is CCOC(=O)C(C)NC(C)c1cc(C)ccc1C. The Bertz CT molecular complexity index is 415. The van der Waals surface area contributed by atoms with Crippen molar-refractivity contribution in [3.05, 3.63) is 34.9 Å². The molecule has 1 aromatic carbocycles. The highest BCUT2D eigenvalue weighted by atomic mass is 16.5. The molecule has 18 heavy (non-hydrogen) atoms. The van der Waals surface area contributed by atoms with Crippen LogP contribution in [-0.4, -0.2) is 18.6 Å². The normalized spacial score (nSPS) is 14.1. The Labute approximate surface area is 110 Å². The molecule has 0 aliphatic carbocycles.